The summed E-state index contributed by atoms with van der Waals surface area (Å²) >= 11 is 0. The number of carbonyl (C=O) groups is 9. The van der Waals surface area contributed by atoms with Crippen molar-refractivity contribution in [2.24, 2.45) is 23.3 Å². The highest BCUT2D eigenvalue weighted by Gasteiger charge is 2.40. The van der Waals surface area contributed by atoms with Gasteiger partial charge in [0.15, 0.2) is 0 Å². The second kappa shape index (κ2) is 23.6. The Kier molecular flexibility index (Phi) is 19.7. The maximum atomic E-state index is 13.6. The van der Waals surface area contributed by atoms with E-state index in [9.17, 15) is 53.4 Å². The van der Waals surface area contributed by atoms with E-state index in [2.05, 4.69) is 31.9 Å². The summed E-state index contributed by atoms with van der Waals surface area (Å²) in [6.07, 6.45) is 0.738. The van der Waals surface area contributed by atoms with E-state index in [0.29, 0.717) is 12.8 Å². The number of nitrogens with one attached hydrogen (secondary N) is 6. The van der Waals surface area contributed by atoms with Crippen molar-refractivity contribution in [1.82, 2.24) is 36.8 Å². The van der Waals surface area contributed by atoms with E-state index < -0.39 is 115 Å². The molecule has 8 amide bonds. The number of hydrogen-bond donors (Lipinski definition) is 10. The molecule has 1 saturated heterocycles. The van der Waals surface area contributed by atoms with Crippen LogP contribution in [-0.4, -0.2) is 130 Å². The number of hydrogen-bond acceptors (Lipinski definition) is 11. The molecule has 0 bridgehead atoms. The number of aliphatic hydroxyl groups excluding tert-OH is 1. The molecule has 58 heavy (non-hydrogen) atoms. The number of rotatable bonds is 23. The van der Waals surface area contributed by atoms with Gasteiger partial charge in [0.1, 0.15) is 36.3 Å². The number of amides is 8. The Morgan fingerprint density at radius 2 is 1.45 bits per heavy atom. The van der Waals surface area contributed by atoms with Gasteiger partial charge in [0.05, 0.1) is 25.6 Å². The Hall–Kier alpha value is -5.63. The quantitative estimate of drug-likeness (QED) is 0.0534. The summed E-state index contributed by atoms with van der Waals surface area (Å²) in [7, 11) is 0. The van der Waals surface area contributed by atoms with Crippen LogP contribution < -0.4 is 43.4 Å². The molecule has 1 aliphatic heterocycles. The van der Waals surface area contributed by atoms with Crippen LogP contribution in [0.25, 0.3) is 0 Å². The minimum absolute atomic E-state index is 0.0621. The van der Waals surface area contributed by atoms with E-state index in [-0.39, 0.29) is 37.6 Å². The van der Waals surface area contributed by atoms with Gasteiger partial charge < -0.3 is 58.5 Å². The monoisotopic (exact) mass is 817 g/mol. The zero-order valence-electron chi connectivity index (χ0n) is 33.6. The van der Waals surface area contributed by atoms with E-state index in [1.807, 2.05) is 6.07 Å². The van der Waals surface area contributed by atoms with E-state index in [1.165, 1.54) is 11.8 Å². The molecule has 1 aliphatic rings. The van der Waals surface area contributed by atoms with E-state index in [1.54, 1.807) is 52.0 Å². The summed E-state index contributed by atoms with van der Waals surface area (Å²) in [4.78, 5) is 116. The van der Waals surface area contributed by atoms with E-state index in [0.717, 1.165) is 5.56 Å². The Morgan fingerprint density at radius 1 is 0.828 bits per heavy atom. The van der Waals surface area contributed by atoms with Gasteiger partial charge in [-0.15, -0.1) is 0 Å². The zero-order chi connectivity index (χ0) is 43.7. The highest BCUT2D eigenvalue weighted by atomic mass is 16.4. The van der Waals surface area contributed by atoms with Gasteiger partial charge in [-0.1, -0.05) is 64.4 Å². The van der Waals surface area contributed by atoms with Crippen LogP contribution in [0.15, 0.2) is 30.3 Å². The summed E-state index contributed by atoms with van der Waals surface area (Å²) in [5.41, 5.74) is 12.0. The second-order valence-electron chi connectivity index (χ2n) is 14.9. The molecule has 0 unspecified atom stereocenters. The summed E-state index contributed by atoms with van der Waals surface area (Å²) in [5, 5.41) is 34.2. The number of carbonyl (C=O) groups excluding carboxylic acids is 8. The van der Waals surface area contributed by atoms with Crippen molar-refractivity contribution in [3.63, 3.8) is 0 Å². The van der Waals surface area contributed by atoms with Crippen molar-refractivity contribution >= 4 is 53.2 Å². The van der Waals surface area contributed by atoms with Gasteiger partial charge in [-0.2, -0.15) is 0 Å². The molecule has 0 aliphatic carbocycles. The standard InChI is InChI=1S/C38H59N9O11/c1-6-21(4)31(38(57)58)46-36(55)28-13-10-14-47(28)37(56)27(19-48)45-35(54)25(15-20(2)3)44-32(51)22(5)42-34(53)26(17-29(40)49)43-30(50)18-41-33(52)24(39)16-23-11-8-7-9-12-23/h7-9,11-12,20-22,24-28,31,48H,6,10,13-19,39H2,1-5H3,(H2,40,49)(H,41,52)(H,42,53)(H,43,50)(H,44,51)(H,45,54)(H,46,55)(H,57,58)/t21-,22-,24-,25-,26-,27-,28-,31-/m0/s1. The molecule has 8 atom stereocenters. The first-order chi connectivity index (χ1) is 27.3. The summed E-state index contributed by atoms with van der Waals surface area (Å²) in [6, 6.07) is 0.106. The first-order valence-corrected chi connectivity index (χ1v) is 19.3. The number of aliphatic carboxylic acids is 1. The van der Waals surface area contributed by atoms with Gasteiger partial charge in [0.2, 0.25) is 47.3 Å². The first-order valence-electron chi connectivity index (χ1n) is 19.3. The topological polar surface area (TPSA) is 322 Å². The third-order valence-corrected chi connectivity index (χ3v) is 9.62. The predicted molar refractivity (Wildman–Crippen MR) is 209 cm³/mol. The Balaban J connectivity index is 2.05. The molecule has 20 heteroatoms. The van der Waals surface area contributed by atoms with Gasteiger partial charge in [-0.05, 0) is 50.0 Å². The average molecular weight is 818 g/mol. The number of likely N-dealkylation sites (tertiary alicyclic amines) is 1. The number of nitrogens with zero attached hydrogens (tertiary/aromatic N) is 1. The fraction of sp³-hybridized carbons (Fsp3) is 0.605. The summed E-state index contributed by atoms with van der Waals surface area (Å²) in [6.45, 7) is 6.93. The first kappa shape index (κ1) is 48.5. The maximum absolute atomic E-state index is 13.6. The van der Waals surface area contributed by atoms with Crippen LogP contribution in [0, 0.1) is 11.8 Å². The summed E-state index contributed by atoms with van der Waals surface area (Å²) < 4.78 is 0. The fourth-order valence-electron chi connectivity index (χ4n) is 6.19. The zero-order valence-corrected chi connectivity index (χ0v) is 33.6. The van der Waals surface area contributed by atoms with Gasteiger partial charge in [0, 0.05) is 6.54 Å². The molecule has 12 N–H and O–H groups in total. The highest BCUT2D eigenvalue weighted by molar-refractivity contribution is 5.98. The highest BCUT2D eigenvalue weighted by Crippen LogP contribution is 2.20. The molecule has 2 rings (SSSR count). The van der Waals surface area contributed by atoms with Crippen molar-refractivity contribution in [3.05, 3.63) is 35.9 Å². The lowest BCUT2D eigenvalue weighted by molar-refractivity contribution is -0.146. The molecule has 0 spiro atoms. The number of benzene rings is 1. The molecule has 20 nitrogen and oxygen atoms in total. The third-order valence-electron chi connectivity index (χ3n) is 9.62. The minimum atomic E-state index is -1.54. The molecule has 1 fully saturated rings. The smallest absolute Gasteiger partial charge is 0.326 e. The van der Waals surface area contributed by atoms with Crippen LogP contribution in [-0.2, 0) is 49.6 Å². The maximum Gasteiger partial charge on any atom is 0.326 e. The van der Waals surface area contributed by atoms with Crippen LogP contribution in [0.1, 0.15) is 72.3 Å². The van der Waals surface area contributed by atoms with Crippen molar-refractivity contribution in [2.45, 2.75) is 115 Å². The number of carboxylic acid groups (broad SMARTS) is 1. The normalized spacial score (nSPS) is 17.3. The van der Waals surface area contributed by atoms with Crippen LogP contribution in [0.4, 0.5) is 0 Å². The molecule has 1 aromatic carbocycles. The van der Waals surface area contributed by atoms with Gasteiger partial charge in [0.25, 0.3) is 0 Å². The molecule has 322 valence electrons. The van der Waals surface area contributed by atoms with Crippen molar-refractivity contribution in [1.29, 1.82) is 0 Å². The Bertz CT molecular complexity index is 1630. The molecular formula is C38H59N9O11. The lowest BCUT2D eigenvalue weighted by Gasteiger charge is -2.30. The molecule has 0 radical (unpaired) electrons. The summed E-state index contributed by atoms with van der Waals surface area (Å²) in [5.74, 6) is -8.35. The lowest BCUT2D eigenvalue weighted by Crippen LogP contribution is -2.60. The second-order valence-corrected chi connectivity index (χ2v) is 14.9. The number of nitrogens with two attached hydrogens (primary N) is 2. The van der Waals surface area contributed by atoms with E-state index in [4.69, 9.17) is 11.5 Å². The lowest BCUT2D eigenvalue weighted by atomic mass is 9.98. The van der Waals surface area contributed by atoms with Gasteiger partial charge >= 0.3 is 5.97 Å². The molecule has 0 aromatic heterocycles. The molecule has 1 aromatic rings. The molecule has 0 saturated carbocycles. The van der Waals surface area contributed by atoms with Crippen molar-refractivity contribution in [3.8, 4) is 0 Å². The van der Waals surface area contributed by atoms with Crippen LogP contribution in [0.3, 0.4) is 0 Å². The Labute approximate surface area is 337 Å². The SMILES string of the molecule is CC[C@H](C)[C@H](NC(=O)[C@@H]1CCCN1C(=O)[C@H](CO)NC(=O)[C@H](CC(C)C)NC(=O)[C@H](C)NC(=O)[C@H](CC(N)=O)NC(=O)CNC(=O)[C@@H](N)Cc1ccccc1)C(=O)O. The third kappa shape index (κ3) is 15.4. The van der Waals surface area contributed by atoms with Crippen LogP contribution >= 0.6 is 0 Å². The molecular weight excluding hydrogens is 758 g/mol. The molecule has 1 heterocycles. The average Bonchev–Trinajstić information content (AvgIpc) is 3.67. The van der Waals surface area contributed by atoms with Crippen molar-refractivity contribution in [2.75, 3.05) is 19.7 Å². The van der Waals surface area contributed by atoms with E-state index >= 15 is 0 Å². The number of primary amides is 1. The Morgan fingerprint density at radius 3 is 2.02 bits per heavy atom. The van der Waals surface area contributed by atoms with Gasteiger partial charge in [-0.3, -0.25) is 38.4 Å². The van der Waals surface area contributed by atoms with Crippen LogP contribution in [0.5, 0.6) is 0 Å². The van der Waals surface area contributed by atoms with Gasteiger partial charge in [-0.25, -0.2) is 4.79 Å². The van der Waals surface area contributed by atoms with Crippen LogP contribution in [0.2, 0.25) is 0 Å². The number of carboxylic acids is 1. The largest absolute Gasteiger partial charge is 0.480 e. The number of aliphatic hydroxyl groups is 1. The minimum Gasteiger partial charge on any atom is -0.480 e. The van der Waals surface area contributed by atoms with Crippen molar-refractivity contribution < 1.29 is 53.4 Å². The predicted octanol–water partition coefficient (Wildman–Crippen LogP) is -2.85. The fourth-order valence-corrected chi connectivity index (χ4v) is 6.19.